The third-order valence-corrected chi connectivity index (χ3v) is 4.22. The fourth-order valence-electron chi connectivity index (χ4n) is 2.63. The smallest absolute Gasteiger partial charge is 0.120 e. The van der Waals surface area contributed by atoms with Crippen LogP contribution in [0.4, 0.5) is 0 Å². The van der Waals surface area contributed by atoms with Crippen molar-refractivity contribution in [3.8, 4) is 5.75 Å². The van der Waals surface area contributed by atoms with Gasteiger partial charge < -0.3 is 15.2 Å². The van der Waals surface area contributed by atoms with Gasteiger partial charge in [-0.1, -0.05) is 12.1 Å². The Morgan fingerprint density at radius 1 is 1.33 bits per heavy atom. The standard InChI is InChI=1S/C15H21NO2/c1-17-15(8-3-9-15)14(16)11-4-2-5-13(10-11)18-12-6-7-12/h2,4-5,10,12,14H,3,6-9,16H2,1H3. The van der Waals surface area contributed by atoms with Crippen LogP contribution in [0.5, 0.6) is 5.75 Å². The van der Waals surface area contributed by atoms with Crippen LogP contribution >= 0.6 is 0 Å². The lowest BCUT2D eigenvalue weighted by Gasteiger charge is -2.45. The minimum absolute atomic E-state index is 0.0565. The van der Waals surface area contributed by atoms with Crippen LogP contribution in [0.3, 0.4) is 0 Å². The number of hydrogen-bond donors (Lipinski definition) is 1. The number of hydrogen-bond acceptors (Lipinski definition) is 3. The van der Waals surface area contributed by atoms with Crippen molar-refractivity contribution in [2.24, 2.45) is 5.73 Å². The maximum Gasteiger partial charge on any atom is 0.120 e. The quantitative estimate of drug-likeness (QED) is 0.870. The Morgan fingerprint density at radius 2 is 2.11 bits per heavy atom. The van der Waals surface area contributed by atoms with Gasteiger partial charge >= 0.3 is 0 Å². The second-order valence-electron chi connectivity index (χ2n) is 5.49. The van der Waals surface area contributed by atoms with Gasteiger partial charge in [-0.15, -0.1) is 0 Å². The van der Waals surface area contributed by atoms with Gasteiger partial charge in [0.25, 0.3) is 0 Å². The Labute approximate surface area is 108 Å². The van der Waals surface area contributed by atoms with E-state index in [-0.39, 0.29) is 11.6 Å². The first-order valence-electron chi connectivity index (χ1n) is 6.81. The zero-order valence-corrected chi connectivity index (χ0v) is 10.9. The van der Waals surface area contributed by atoms with Gasteiger partial charge in [0.15, 0.2) is 0 Å². The van der Waals surface area contributed by atoms with Gasteiger partial charge in [0.1, 0.15) is 5.75 Å². The summed E-state index contributed by atoms with van der Waals surface area (Å²) < 4.78 is 11.5. The number of methoxy groups -OCH3 is 1. The van der Waals surface area contributed by atoms with Crippen LogP contribution in [-0.4, -0.2) is 18.8 Å². The van der Waals surface area contributed by atoms with Gasteiger partial charge in [0.2, 0.25) is 0 Å². The van der Waals surface area contributed by atoms with E-state index in [1.165, 1.54) is 19.3 Å². The molecule has 3 heteroatoms. The Kier molecular flexibility index (Phi) is 3.04. The second kappa shape index (κ2) is 4.56. The van der Waals surface area contributed by atoms with Crippen molar-refractivity contribution < 1.29 is 9.47 Å². The third-order valence-electron chi connectivity index (χ3n) is 4.22. The molecule has 0 aromatic heterocycles. The molecule has 98 valence electrons. The molecule has 1 atom stereocenters. The van der Waals surface area contributed by atoms with Crippen molar-refractivity contribution in [2.45, 2.75) is 49.9 Å². The molecule has 0 saturated heterocycles. The molecule has 2 N–H and O–H groups in total. The van der Waals surface area contributed by atoms with Gasteiger partial charge in [-0.25, -0.2) is 0 Å². The topological polar surface area (TPSA) is 44.5 Å². The summed E-state index contributed by atoms with van der Waals surface area (Å²) >= 11 is 0. The summed E-state index contributed by atoms with van der Waals surface area (Å²) in [7, 11) is 1.77. The minimum Gasteiger partial charge on any atom is -0.490 e. The van der Waals surface area contributed by atoms with E-state index in [0.717, 1.165) is 24.2 Å². The van der Waals surface area contributed by atoms with E-state index in [1.807, 2.05) is 12.1 Å². The normalized spacial score (nSPS) is 23.2. The van der Waals surface area contributed by atoms with Crippen molar-refractivity contribution in [2.75, 3.05) is 7.11 Å². The van der Waals surface area contributed by atoms with Crippen LogP contribution in [0.25, 0.3) is 0 Å². The van der Waals surface area contributed by atoms with Gasteiger partial charge in [0, 0.05) is 7.11 Å². The SMILES string of the molecule is COC1(C(N)c2cccc(OC3CC3)c2)CCC1. The molecule has 2 aliphatic carbocycles. The Balaban J connectivity index is 1.77. The first-order valence-corrected chi connectivity index (χ1v) is 6.81. The van der Waals surface area contributed by atoms with E-state index in [2.05, 4.69) is 12.1 Å². The highest BCUT2D eigenvalue weighted by molar-refractivity contribution is 5.33. The summed E-state index contributed by atoms with van der Waals surface area (Å²) in [6.45, 7) is 0. The summed E-state index contributed by atoms with van der Waals surface area (Å²) in [5, 5.41) is 0. The molecule has 0 spiro atoms. The molecule has 2 fully saturated rings. The van der Waals surface area contributed by atoms with Crippen molar-refractivity contribution >= 4 is 0 Å². The monoisotopic (exact) mass is 247 g/mol. The summed E-state index contributed by atoms with van der Waals surface area (Å²) in [6.07, 6.45) is 6.10. The van der Waals surface area contributed by atoms with Crippen LogP contribution < -0.4 is 10.5 Å². The molecule has 1 aromatic rings. The van der Waals surface area contributed by atoms with Crippen LogP contribution in [-0.2, 0) is 4.74 Å². The largest absolute Gasteiger partial charge is 0.490 e. The molecular weight excluding hydrogens is 226 g/mol. The average Bonchev–Trinajstić information content (AvgIpc) is 3.12. The summed E-state index contributed by atoms with van der Waals surface area (Å²) in [5.41, 5.74) is 7.35. The van der Waals surface area contributed by atoms with Gasteiger partial charge in [-0.05, 0) is 49.8 Å². The molecule has 0 radical (unpaired) electrons. The van der Waals surface area contributed by atoms with E-state index in [4.69, 9.17) is 15.2 Å². The molecule has 2 aliphatic rings. The summed E-state index contributed by atoms with van der Waals surface area (Å²) in [5.74, 6) is 0.941. The van der Waals surface area contributed by atoms with Crippen LogP contribution in [0, 0.1) is 0 Å². The molecular formula is C15H21NO2. The number of ether oxygens (including phenoxy) is 2. The predicted octanol–water partition coefficient (Wildman–Crippen LogP) is 2.80. The fraction of sp³-hybridized carbons (Fsp3) is 0.600. The zero-order chi connectivity index (χ0) is 12.6. The summed E-state index contributed by atoms with van der Waals surface area (Å²) in [6, 6.07) is 8.12. The van der Waals surface area contributed by atoms with Crippen molar-refractivity contribution in [1.82, 2.24) is 0 Å². The number of benzene rings is 1. The number of nitrogens with two attached hydrogens (primary N) is 1. The van der Waals surface area contributed by atoms with Gasteiger partial charge in [-0.3, -0.25) is 0 Å². The molecule has 0 heterocycles. The Morgan fingerprint density at radius 3 is 2.67 bits per heavy atom. The van der Waals surface area contributed by atoms with E-state index >= 15 is 0 Å². The highest BCUT2D eigenvalue weighted by atomic mass is 16.5. The van der Waals surface area contributed by atoms with Gasteiger partial charge in [-0.2, -0.15) is 0 Å². The van der Waals surface area contributed by atoms with E-state index in [0.29, 0.717) is 6.10 Å². The summed E-state index contributed by atoms with van der Waals surface area (Å²) in [4.78, 5) is 0. The minimum atomic E-state index is -0.155. The van der Waals surface area contributed by atoms with Crippen LogP contribution in [0.2, 0.25) is 0 Å². The molecule has 1 aromatic carbocycles. The lowest BCUT2D eigenvalue weighted by atomic mass is 9.72. The molecule has 0 bridgehead atoms. The molecule has 3 rings (SSSR count). The van der Waals surface area contributed by atoms with Crippen molar-refractivity contribution in [3.05, 3.63) is 29.8 Å². The Hall–Kier alpha value is -1.06. The average molecular weight is 247 g/mol. The maximum absolute atomic E-state index is 6.38. The lowest BCUT2D eigenvalue weighted by molar-refractivity contribution is -0.0911. The Bertz CT molecular complexity index is 419. The van der Waals surface area contributed by atoms with E-state index < -0.39 is 0 Å². The van der Waals surface area contributed by atoms with Crippen LogP contribution in [0.1, 0.15) is 43.7 Å². The number of rotatable bonds is 5. The van der Waals surface area contributed by atoms with Gasteiger partial charge in [0.05, 0.1) is 17.7 Å². The molecule has 2 saturated carbocycles. The second-order valence-corrected chi connectivity index (χ2v) is 5.49. The van der Waals surface area contributed by atoms with E-state index in [1.54, 1.807) is 7.11 Å². The van der Waals surface area contributed by atoms with Crippen molar-refractivity contribution in [1.29, 1.82) is 0 Å². The van der Waals surface area contributed by atoms with Crippen molar-refractivity contribution in [3.63, 3.8) is 0 Å². The lowest BCUT2D eigenvalue weighted by Crippen LogP contribution is -2.48. The highest BCUT2D eigenvalue weighted by Gasteiger charge is 2.43. The predicted molar refractivity (Wildman–Crippen MR) is 70.6 cm³/mol. The molecule has 0 amide bonds. The molecule has 1 unspecified atom stereocenters. The van der Waals surface area contributed by atoms with Crippen LogP contribution in [0.15, 0.2) is 24.3 Å². The molecule has 0 aliphatic heterocycles. The fourth-order valence-corrected chi connectivity index (χ4v) is 2.63. The highest BCUT2D eigenvalue weighted by Crippen LogP contribution is 2.44. The van der Waals surface area contributed by atoms with E-state index in [9.17, 15) is 0 Å². The molecule has 18 heavy (non-hydrogen) atoms. The zero-order valence-electron chi connectivity index (χ0n) is 10.9. The first kappa shape index (κ1) is 12.0. The first-order chi connectivity index (χ1) is 8.73. The third kappa shape index (κ3) is 2.13. The maximum atomic E-state index is 6.38. The molecule has 3 nitrogen and oxygen atoms in total.